The van der Waals surface area contributed by atoms with Gasteiger partial charge in [-0.2, -0.15) is 0 Å². The molecule has 6 heteroatoms. The molecule has 17 heavy (non-hydrogen) atoms. The van der Waals surface area contributed by atoms with Crippen LogP contribution in [0.5, 0.6) is 5.75 Å². The summed E-state index contributed by atoms with van der Waals surface area (Å²) in [4.78, 5) is 22.3. The average molecular weight is 237 g/mol. The number of carboxylic acids is 1. The maximum atomic E-state index is 11.5. The number of nitrogens with one attached hydrogen (secondary N) is 1. The molecule has 90 valence electrons. The summed E-state index contributed by atoms with van der Waals surface area (Å²) in [5, 5.41) is 11.6. The van der Waals surface area contributed by atoms with Gasteiger partial charge in [-0.05, 0) is 12.1 Å². The Morgan fingerprint density at radius 1 is 1.53 bits per heavy atom. The minimum atomic E-state index is -1.00. The van der Waals surface area contributed by atoms with E-state index in [1.54, 1.807) is 18.2 Å². The SMILES string of the molecule is COC(=O)c1cccc2c1OCC(C(=O)O)N2. The Hall–Kier alpha value is -2.24. The van der Waals surface area contributed by atoms with E-state index in [1.165, 1.54) is 7.11 Å². The van der Waals surface area contributed by atoms with Gasteiger partial charge in [0.15, 0.2) is 11.8 Å². The van der Waals surface area contributed by atoms with E-state index in [1.807, 2.05) is 0 Å². The number of fused-ring (bicyclic) bond motifs is 1. The highest BCUT2D eigenvalue weighted by Gasteiger charge is 2.27. The van der Waals surface area contributed by atoms with Crippen LogP contribution in [0, 0.1) is 0 Å². The summed E-state index contributed by atoms with van der Waals surface area (Å²) in [6.45, 7) is -0.0314. The lowest BCUT2D eigenvalue weighted by Gasteiger charge is -2.25. The van der Waals surface area contributed by atoms with E-state index in [4.69, 9.17) is 9.84 Å². The van der Waals surface area contributed by atoms with Gasteiger partial charge in [0, 0.05) is 0 Å². The van der Waals surface area contributed by atoms with Crippen LogP contribution in [0.3, 0.4) is 0 Å². The summed E-state index contributed by atoms with van der Waals surface area (Å²) >= 11 is 0. The van der Waals surface area contributed by atoms with Crippen LogP contribution in [-0.4, -0.2) is 36.8 Å². The third-order valence-electron chi connectivity index (χ3n) is 2.44. The molecule has 1 aromatic carbocycles. The van der Waals surface area contributed by atoms with Crippen molar-refractivity contribution in [2.45, 2.75) is 6.04 Å². The fourth-order valence-corrected chi connectivity index (χ4v) is 1.61. The second-order valence-corrected chi connectivity index (χ2v) is 3.52. The molecule has 1 atom stereocenters. The standard InChI is InChI=1S/C11H11NO5/c1-16-11(15)6-3-2-4-7-9(6)17-5-8(12-7)10(13)14/h2-4,8,12H,5H2,1H3,(H,13,14). The van der Waals surface area contributed by atoms with Crippen molar-refractivity contribution in [3.63, 3.8) is 0 Å². The van der Waals surface area contributed by atoms with Gasteiger partial charge in [0.2, 0.25) is 0 Å². The van der Waals surface area contributed by atoms with Crippen LogP contribution in [0.1, 0.15) is 10.4 Å². The Bertz CT molecular complexity index is 471. The van der Waals surface area contributed by atoms with Crippen molar-refractivity contribution in [3.05, 3.63) is 23.8 Å². The van der Waals surface area contributed by atoms with Crippen molar-refractivity contribution >= 4 is 17.6 Å². The molecule has 0 bridgehead atoms. The predicted octanol–water partition coefficient (Wildman–Crippen LogP) is 0.731. The lowest BCUT2D eigenvalue weighted by molar-refractivity contribution is -0.138. The number of hydrogen-bond acceptors (Lipinski definition) is 5. The molecule has 2 N–H and O–H groups in total. The summed E-state index contributed by atoms with van der Waals surface area (Å²) in [5.41, 5.74) is 0.757. The van der Waals surface area contributed by atoms with Crippen LogP contribution in [0.25, 0.3) is 0 Å². The zero-order valence-electron chi connectivity index (χ0n) is 9.10. The minimum absolute atomic E-state index is 0.0314. The number of carbonyl (C=O) groups is 2. The van der Waals surface area contributed by atoms with E-state index in [2.05, 4.69) is 10.1 Å². The maximum absolute atomic E-state index is 11.5. The highest BCUT2D eigenvalue weighted by Crippen LogP contribution is 2.33. The Kier molecular flexibility index (Phi) is 2.86. The van der Waals surface area contributed by atoms with E-state index in [0.717, 1.165) is 0 Å². The van der Waals surface area contributed by atoms with Gasteiger partial charge in [-0.3, -0.25) is 0 Å². The first kappa shape index (κ1) is 11.3. The van der Waals surface area contributed by atoms with Crippen molar-refractivity contribution < 1.29 is 24.2 Å². The quantitative estimate of drug-likeness (QED) is 0.737. The van der Waals surface area contributed by atoms with Crippen LogP contribution < -0.4 is 10.1 Å². The molecular formula is C11H11NO5. The van der Waals surface area contributed by atoms with Gasteiger partial charge < -0.3 is 19.9 Å². The number of esters is 1. The van der Waals surface area contributed by atoms with Crippen LogP contribution in [0.2, 0.25) is 0 Å². The number of ether oxygens (including phenoxy) is 2. The van der Waals surface area contributed by atoms with Crippen molar-refractivity contribution in [3.8, 4) is 5.75 Å². The number of carbonyl (C=O) groups excluding carboxylic acids is 1. The molecule has 0 fully saturated rings. The first-order chi connectivity index (χ1) is 8.13. The average Bonchev–Trinajstić information content (AvgIpc) is 2.36. The Morgan fingerprint density at radius 2 is 2.29 bits per heavy atom. The molecule has 2 rings (SSSR count). The number of rotatable bonds is 2. The number of methoxy groups -OCH3 is 1. The molecule has 0 radical (unpaired) electrons. The molecule has 0 amide bonds. The van der Waals surface area contributed by atoms with Gasteiger partial charge >= 0.3 is 11.9 Å². The zero-order valence-corrected chi connectivity index (χ0v) is 9.10. The van der Waals surface area contributed by atoms with Crippen LogP contribution in [0.15, 0.2) is 18.2 Å². The lowest BCUT2D eigenvalue weighted by atomic mass is 10.1. The summed E-state index contributed by atoms with van der Waals surface area (Å²) in [6.07, 6.45) is 0. The normalized spacial score (nSPS) is 17.4. The van der Waals surface area contributed by atoms with Gasteiger partial charge in [0.25, 0.3) is 0 Å². The van der Waals surface area contributed by atoms with Crippen molar-refractivity contribution in [2.24, 2.45) is 0 Å². The smallest absolute Gasteiger partial charge is 0.341 e. The molecule has 0 spiro atoms. The number of hydrogen-bond donors (Lipinski definition) is 2. The third-order valence-corrected chi connectivity index (χ3v) is 2.44. The largest absolute Gasteiger partial charge is 0.488 e. The van der Waals surface area contributed by atoms with Crippen molar-refractivity contribution in [2.75, 3.05) is 19.0 Å². The molecule has 6 nitrogen and oxygen atoms in total. The highest BCUT2D eigenvalue weighted by molar-refractivity contribution is 5.95. The van der Waals surface area contributed by atoms with E-state index in [0.29, 0.717) is 11.4 Å². The second kappa shape index (κ2) is 4.32. The van der Waals surface area contributed by atoms with Crippen LogP contribution in [-0.2, 0) is 9.53 Å². The Morgan fingerprint density at radius 3 is 2.94 bits per heavy atom. The predicted molar refractivity (Wildman–Crippen MR) is 58.3 cm³/mol. The van der Waals surface area contributed by atoms with Gasteiger partial charge in [0.05, 0.1) is 12.8 Å². The molecule has 0 saturated heterocycles. The van der Waals surface area contributed by atoms with Gasteiger partial charge in [-0.15, -0.1) is 0 Å². The van der Waals surface area contributed by atoms with Crippen LogP contribution >= 0.6 is 0 Å². The summed E-state index contributed by atoms with van der Waals surface area (Å²) in [5.74, 6) is -1.19. The van der Waals surface area contributed by atoms with Crippen LogP contribution in [0.4, 0.5) is 5.69 Å². The molecule has 1 unspecified atom stereocenters. The molecule has 0 aromatic heterocycles. The first-order valence-corrected chi connectivity index (χ1v) is 4.97. The molecule has 1 heterocycles. The van der Waals surface area contributed by atoms with Gasteiger partial charge in [-0.1, -0.05) is 6.07 Å². The van der Waals surface area contributed by atoms with Crippen molar-refractivity contribution in [1.82, 2.24) is 0 Å². The Balaban J connectivity index is 2.35. The van der Waals surface area contributed by atoms with Crippen molar-refractivity contribution in [1.29, 1.82) is 0 Å². The third kappa shape index (κ3) is 2.01. The summed E-state index contributed by atoms with van der Waals surface area (Å²) < 4.78 is 9.92. The lowest BCUT2D eigenvalue weighted by Crippen LogP contribution is -2.38. The maximum Gasteiger partial charge on any atom is 0.341 e. The second-order valence-electron chi connectivity index (χ2n) is 3.52. The number of aliphatic carboxylic acids is 1. The molecular weight excluding hydrogens is 226 g/mol. The molecule has 1 aliphatic heterocycles. The first-order valence-electron chi connectivity index (χ1n) is 4.97. The molecule has 0 saturated carbocycles. The number of para-hydroxylation sites is 1. The summed E-state index contributed by atoms with van der Waals surface area (Å²) in [7, 11) is 1.28. The topological polar surface area (TPSA) is 84.9 Å². The molecule has 1 aromatic rings. The fourth-order valence-electron chi connectivity index (χ4n) is 1.61. The number of anilines is 1. The number of carboxylic acid groups (broad SMARTS) is 1. The fraction of sp³-hybridized carbons (Fsp3) is 0.273. The highest BCUT2D eigenvalue weighted by atomic mass is 16.5. The Labute approximate surface area is 97.1 Å². The number of benzene rings is 1. The summed E-state index contributed by atoms with van der Waals surface area (Å²) in [6, 6.07) is 4.03. The molecule has 0 aliphatic carbocycles. The van der Waals surface area contributed by atoms with Gasteiger partial charge in [-0.25, -0.2) is 9.59 Å². The van der Waals surface area contributed by atoms with E-state index in [-0.39, 0.29) is 12.2 Å². The van der Waals surface area contributed by atoms with Gasteiger partial charge in [0.1, 0.15) is 12.2 Å². The molecule has 1 aliphatic rings. The van der Waals surface area contributed by atoms with E-state index < -0.39 is 18.0 Å². The minimum Gasteiger partial charge on any atom is -0.488 e. The van der Waals surface area contributed by atoms with E-state index >= 15 is 0 Å². The van der Waals surface area contributed by atoms with E-state index in [9.17, 15) is 9.59 Å². The monoisotopic (exact) mass is 237 g/mol. The zero-order chi connectivity index (χ0) is 12.4.